The number of hydrogen-bond acceptors (Lipinski definition) is 5. The van der Waals surface area contributed by atoms with Crippen LogP contribution < -0.4 is 0 Å². The first-order valence-corrected chi connectivity index (χ1v) is 7.21. The molecule has 0 saturated carbocycles. The summed E-state index contributed by atoms with van der Waals surface area (Å²) in [5.74, 6) is 0.291. The average molecular weight is 337 g/mol. The molecule has 0 aromatic carbocycles. The minimum atomic E-state index is -4.46. The molecule has 0 fully saturated rings. The molecule has 9 heteroatoms. The second-order valence-electron chi connectivity index (χ2n) is 5.41. The Morgan fingerprint density at radius 2 is 2.04 bits per heavy atom. The highest BCUT2D eigenvalue weighted by molar-refractivity contribution is 5.44. The van der Waals surface area contributed by atoms with Crippen LogP contribution in [0, 0.1) is 6.92 Å². The Bertz CT molecular complexity index is 825. The van der Waals surface area contributed by atoms with Crippen LogP contribution in [0.5, 0.6) is 0 Å². The van der Waals surface area contributed by atoms with E-state index in [-0.39, 0.29) is 18.4 Å². The Labute approximate surface area is 135 Å². The third-order valence-corrected chi connectivity index (χ3v) is 3.46. The van der Waals surface area contributed by atoms with Crippen molar-refractivity contribution in [2.75, 3.05) is 0 Å². The first kappa shape index (κ1) is 16.2. The van der Waals surface area contributed by atoms with Gasteiger partial charge in [0.2, 0.25) is 5.89 Å². The molecule has 6 nitrogen and oxygen atoms in total. The maximum absolute atomic E-state index is 12.7. The summed E-state index contributed by atoms with van der Waals surface area (Å²) in [6, 6.07) is 6.30. The second kappa shape index (κ2) is 6.06. The van der Waals surface area contributed by atoms with Gasteiger partial charge >= 0.3 is 6.18 Å². The number of aryl methyl sites for hydroxylation is 1. The molecule has 0 saturated heterocycles. The number of hydrogen-bond donors (Lipinski definition) is 0. The maximum atomic E-state index is 12.7. The van der Waals surface area contributed by atoms with Crippen LogP contribution in [0.2, 0.25) is 0 Å². The van der Waals surface area contributed by atoms with Gasteiger partial charge in [-0.05, 0) is 25.1 Å². The van der Waals surface area contributed by atoms with E-state index in [1.165, 1.54) is 4.68 Å². The standard InChI is InChI=1S/C15H14F3N5O/c1-9(8-23-10(2)7-12(22-23)15(16,17)18)13-20-21-14(24-13)11-5-3-4-6-19-11/h3-7,9H,8H2,1-2H3/t9-/m0/s1. The molecule has 3 aromatic heterocycles. The molecule has 24 heavy (non-hydrogen) atoms. The normalized spacial score (nSPS) is 13.2. The zero-order chi connectivity index (χ0) is 17.3. The van der Waals surface area contributed by atoms with E-state index in [4.69, 9.17) is 4.42 Å². The highest BCUT2D eigenvalue weighted by atomic mass is 19.4. The molecular weight excluding hydrogens is 323 g/mol. The zero-order valence-electron chi connectivity index (χ0n) is 12.9. The minimum absolute atomic E-state index is 0.200. The molecule has 0 radical (unpaired) electrons. The summed E-state index contributed by atoms with van der Waals surface area (Å²) in [6.07, 6.45) is -2.86. The molecule has 0 aliphatic carbocycles. The summed E-state index contributed by atoms with van der Waals surface area (Å²) >= 11 is 0. The van der Waals surface area contributed by atoms with E-state index >= 15 is 0 Å². The summed E-state index contributed by atoms with van der Waals surface area (Å²) in [5.41, 5.74) is 0.0450. The predicted molar refractivity (Wildman–Crippen MR) is 77.9 cm³/mol. The van der Waals surface area contributed by atoms with Crippen molar-refractivity contribution in [1.29, 1.82) is 0 Å². The number of pyridine rings is 1. The summed E-state index contributed by atoms with van der Waals surface area (Å²) in [6.45, 7) is 3.55. The van der Waals surface area contributed by atoms with E-state index in [0.717, 1.165) is 6.07 Å². The number of alkyl halides is 3. The molecule has 0 aliphatic rings. The number of rotatable bonds is 4. The summed E-state index contributed by atoms with van der Waals surface area (Å²) in [4.78, 5) is 4.11. The fraction of sp³-hybridized carbons (Fsp3) is 0.333. The van der Waals surface area contributed by atoms with Crippen molar-refractivity contribution in [2.24, 2.45) is 0 Å². The van der Waals surface area contributed by atoms with Gasteiger partial charge in [-0.25, -0.2) is 0 Å². The number of halogens is 3. The fourth-order valence-electron chi connectivity index (χ4n) is 2.20. The van der Waals surface area contributed by atoms with Crippen molar-refractivity contribution in [3.05, 3.63) is 47.7 Å². The SMILES string of the molecule is Cc1cc(C(F)(F)F)nn1C[C@H](C)c1nnc(-c2ccccn2)o1. The summed E-state index contributed by atoms with van der Waals surface area (Å²) in [5, 5.41) is 11.5. The Kier molecular flexibility index (Phi) is 4.08. The summed E-state index contributed by atoms with van der Waals surface area (Å²) in [7, 11) is 0. The third kappa shape index (κ3) is 3.29. The molecule has 0 spiro atoms. The lowest BCUT2D eigenvalue weighted by molar-refractivity contribution is -0.141. The van der Waals surface area contributed by atoms with Crippen molar-refractivity contribution >= 4 is 0 Å². The van der Waals surface area contributed by atoms with Crippen molar-refractivity contribution in [1.82, 2.24) is 25.0 Å². The molecule has 0 amide bonds. The van der Waals surface area contributed by atoms with Gasteiger partial charge in [-0.15, -0.1) is 10.2 Å². The first-order valence-electron chi connectivity index (χ1n) is 7.21. The Hall–Kier alpha value is -2.71. The van der Waals surface area contributed by atoms with Gasteiger partial charge in [-0.2, -0.15) is 18.3 Å². The highest BCUT2D eigenvalue weighted by Gasteiger charge is 2.34. The van der Waals surface area contributed by atoms with Crippen LogP contribution in [-0.4, -0.2) is 25.0 Å². The van der Waals surface area contributed by atoms with E-state index in [1.54, 1.807) is 38.2 Å². The van der Waals surface area contributed by atoms with Gasteiger partial charge in [0.15, 0.2) is 5.69 Å². The number of aromatic nitrogens is 5. The molecule has 0 aliphatic heterocycles. The van der Waals surface area contributed by atoms with Gasteiger partial charge in [0.1, 0.15) is 5.69 Å². The third-order valence-electron chi connectivity index (χ3n) is 3.46. The number of nitrogens with zero attached hydrogens (tertiary/aromatic N) is 5. The fourth-order valence-corrected chi connectivity index (χ4v) is 2.20. The molecule has 3 aromatic rings. The van der Waals surface area contributed by atoms with Crippen LogP contribution in [0.1, 0.15) is 30.1 Å². The van der Waals surface area contributed by atoms with Gasteiger partial charge in [0.05, 0.1) is 12.5 Å². The van der Waals surface area contributed by atoms with E-state index in [9.17, 15) is 13.2 Å². The zero-order valence-corrected chi connectivity index (χ0v) is 12.9. The molecule has 0 bridgehead atoms. The Morgan fingerprint density at radius 1 is 1.25 bits per heavy atom. The lowest BCUT2D eigenvalue weighted by Crippen LogP contribution is -2.12. The Morgan fingerprint density at radius 3 is 2.67 bits per heavy atom. The van der Waals surface area contributed by atoms with E-state index in [2.05, 4.69) is 20.3 Å². The van der Waals surface area contributed by atoms with E-state index in [1.807, 2.05) is 0 Å². The van der Waals surface area contributed by atoms with Gasteiger partial charge in [-0.3, -0.25) is 9.67 Å². The van der Waals surface area contributed by atoms with Crippen LogP contribution in [0.3, 0.4) is 0 Å². The van der Waals surface area contributed by atoms with Crippen LogP contribution in [0.4, 0.5) is 13.2 Å². The topological polar surface area (TPSA) is 69.6 Å². The predicted octanol–water partition coefficient (Wildman–Crippen LogP) is 3.46. The molecule has 0 unspecified atom stereocenters. The van der Waals surface area contributed by atoms with Crippen LogP contribution >= 0.6 is 0 Å². The molecule has 126 valence electrons. The Balaban J connectivity index is 1.78. The molecular formula is C15H14F3N5O. The second-order valence-corrected chi connectivity index (χ2v) is 5.41. The lowest BCUT2D eigenvalue weighted by atomic mass is 10.2. The smallest absolute Gasteiger partial charge is 0.419 e. The lowest BCUT2D eigenvalue weighted by Gasteiger charge is -2.09. The van der Waals surface area contributed by atoms with Crippen molar-refractivity contribution in [3.63, 3.8) is 0 Å². The maximum Gasteiger partial charge on any atom is 0.435 e. The van der Waals surface area contributed by atoms with Crippen molar-refractivity contribution < 1.29 is 17.6 Å². The molecule has 1 atom stereocenters. The summed E-state index contributed by atoms with van der Waals surface area (Å²) < 4.78 is 45.0. The minimum Gasteiger partial charge on any atom is -0.419 e. The van der Waals surface area contributed by atoms with Gasteiger partial charge in [0, 0.05) is 11.9 Å². The average Bonchev–Trinajstić information content (AvgIpc) is 3.15. The van der Waals surface area contributed by atoms with Gasteiger partial charge < -0.3 is 4.42 Å². The van der Waals surface area contributed by atoms with E-state index < -0.39 is 11.9 Å². The first-order chi connectivity index (χ1) is 11.3. The van der Waals surface area contributed by atoms with Crippen molar-refractivity contribution in [3.8, 4) is 11.6 Å². The monoisotopic (exact) mass is 337 g/mol. The van der Waals surface area contributed by atoms with Gasteiger partial charge in [0.25, 0.3) is 5.89 Å². The molecule has 0 N–H and O–H groups in total. The van der Waals surface area contributed by atoms with Crippen molar-refractivity contribution in [2.45, 2.75) is 32.5 Å². The highest BCUT2D eigenvalue weighted by Crippen LogP contribution is 2.29. The van der Waals surface area contributed by atoms with Gasteiger partial charge in [-0.1, -0.05) is 13.0 Å². The van der Waals surface area contributed by atoms with Crippen LogP contribution in [-0.2, 0) is 12.7 Å². The van der Waals surface area contributed by atoms with Crippen LogP contribution in [0.25, 0.3) is 11.6 Å². The van der Waals surface area contributed by atoms with Crippen LogP contribution in [0.15, 0.2) is 34.9 Å². The molecule has 3 rings (SSSR count). The quantitative estimate of drug-likeness (QED) is 0.729. The molecule has 3 heterocycles. The van der Waals surface area contributed by atoms with E-state index in [0.29, 0.717) is 17.3 Å². The largest absolute Gasteiger partial charge is 0.435 e.